The first kappa shape index (κ1) is 19.8. The lowest BCUT2D eigenvalue weighted by Crippen LogP contribution is -2.28. The van der Waals surface area contributed by atoms with Crippen LogP contribution in [0.25, 0.3) is 0 Å². The first-order valence-corrected chi connectivity index (χ1v) is 9.40. The van der Waals surface area contributed by atoms with Crippen molar-refractivity contribution >= 4 is 29.4 Å². The molecule has 0 aliphatic heterocycles. The number of aromatic nitrogens is 1. The molecule has 0 atom stereocenters. The van der Waals surface area contributed by atoms with Crippen LogP contribution in [0.4, 0.5) is 5.82 Å². The molecular weight excluding hydrogens is 354 g/mol. The number of carbonyl (C=O) groups is 2. The zero-order valence-corrected chi connectivity index (χ0v) is 16.0. The van der Waals surface area contributed by atoms with Crippen LogP contribution < -0.4 is 10.1 Å². The van der Waals surface area contributed by atoms with E-state index in [1.54, 1.807) is 24.9 Å². The summed E-state index contributed by atoms with van der Waals surface area (Å²) in [6.45, 7) is 4.82. The minimum atomic E-state index is -0.217. The van der Waals surface area contributed by atoms with Crippen LogP contribution in [0.5, 0.6) is 5.75 Å². The third-order valence-electron chi connectivity index (χ3n) is 3.43. The monoisotopic (exact) mass is 377 g/mol. The Labute approximate surface area is 157 Å². The Bertz CT molecular complexity index is 730. The normalized spacial score (nSPS) is 10.4. The number of ether oxygens (including phenoxy) is 1. The molecule has 1 aromatic heterocycles. The number of nitrogens with one attached hydrogen (secondary N) is 1. The summed E-state index contributed by atoms with van der Waals surface area (Å²) in [4.78, 5) is 25.6. The lowest BCUT2D eigenvalue weighted by Gasteiger charge is -2.17. The van der Waals surface area contributed by atoms with E-state index in [9.17, 15) is 9.59 Å². The maximum Gasteiger partial charge on any atom is 0.235 e. The molecule has 0 aliphatic carbocycles. The fraction of sp³-hybridized carbons (Fsp3) is 0.389. The molecule has 2 amide bonds. The molecule has 7 nitrogen and oxygen atoms in total. The average molecular weight is 377 g/mol. The molecule has 1 heterocycles. The van der Waals surface area contributed by atoms with Crippen molar-refractivity contribution in [3.05, 3.63) is 41.7 Å². The molecule has 0 radical (unpaired) electrons. The maximum atomic E-state index is 12.2. The largest absolute Gasteiger partial charge is 0.494 e. The highest BCUT2D eigenvalue weighted by Crippen LogP contribution is 2.14. The molecule has 8 heteroatoms. The summed E-state index contributed by atoms with van der Waals surface area (Å²) in [6, 6.07) is 9.30. The number of rotatable bonds is 9. The molecule has 0 saturated carbocycles. The third-order valence-corrected chi connectivity index (χ3v) is 4.35. The van der Waals surface area contributed by atoms with Crippen molar-refractivity contribution < 1.29 is 18.8 Å². The van der Waals surface area contributed by atoms with Crippen molar-refractivity contribution in [2.24, 2.45) is 0 Å². The van der Waals surface area contributed by atoms with Crippen LogP contribution in [-0.2, 0) is 16.1 Å². The number of hydrogen-bond acceptors (Lipinski definition) is 6. The van der Waals surface area contributed by atoms with Gasteiger partial charge in [-0.2, -0.15) is 0 Å². The highest BCUT2D eigenvalue weighted by molar-refractivity contribution is 8.00. The minimum absolute atomic E-state index is 0.0334. The van der Waals surface area contributed by atoms with Crippen molar-refractivity contribution in [2.45, 2.75) is 20.4 Å². The lowest BCUT2D eigenvalue weighted by molar-refractivity contribution is -0.127. The van der Waals surface area contributed by atoms with E-state index < -0.39 is 0 Å². The van der Waals surface area contributed by atoms with Gasteiger partial charge in [0.25, 0.3) is 0 Å². The molecule has 0 saturated heterocycles. The van der Waals surface area contributed by atoms with Gasteiger partial charge in [0, 0.05) is 19.7 Å². The molecule has 0 aliphatic rings. The lowest BCUT2D eigenvalue weighted by atomic mass is 10.2. The van der Waals surface area contributed by atoms with Gasteiger partial charge in [-0.05, 0) is 31.5 Å². The molecule has 26 heavy (non-hydrogen) atoms. The average Bonchev–Trinajstić information content (AvgIpc) is 3.01. The number of benzene rings is 1. The van der Waals surface area contributed by atoms with E-state index in [-0.39, 0.29) is 23.3 Å². The maximum absolute atomic E-state index is 12.2. The van der Waals surface area contributed by atoms with Gasteiger partial charge in [0.05, 0.1) is 18.1 Å². The van der Waals surface area contributed by atoms with Gasteiger partial charge in [-0.1, -0.05) is 17.3 Å². The van der Waals surface area contributed by atoms with Gasteiger partial charge < -0.3 is 19.5 Å². The quantitative estimate of drug-likeness (QED) is 0.723. The summed E-state index contributed by atoms with van der Waals surface area (Å²) in [5.74, 6) is 1.98. The highest BCUT2D eigenvalue weighted by Gasteiger charge is 2.12. The van der Waals surface area contributed by atoms with Gasteiger partial charge in [0.2, 0.25) is 11.8 Å². The van der Waals surface area contributed by atoms with Crippen LogP contribution in [-0.4, -0.2) is 47.0 Å². The first-order chi connectivity index (χ1) is 12.5. The van der Waals surface area contributed by atoms with E-state index in [1.807, 2.05) is 31.2 Å². The number of thioether (sulfide) groups is 1. The topological polar surface area (TPSA) is 84.7 Å². The standard InChI is InChI=1S/C18H23N3O4S/c1-4-24-15-7-5-14(6-8-15)10-21(3)18(23)12-26-11-17(22)19-16-9-13(2)25-20-16/h5-9H,4,10-12H2,1-3H3,(H,19,20,22). The molecule has 0 bridgehead atoms. The highest BCUT2D eigenvalue weighted by atomic mass is 32.2. The summed E-state index contributed by atoms with van der Waals surface area (Å²) < 4.78 is 10.3. The van der Waals surface area contributed by atoms with Crippen LogP contribution in [0.15, 0.2) is 34.9 Å². The van der Waals surface area contributed by atoms with Gasteiger partial charge in [-0.3, -0.25) is 9.59 Å². The predicted molar refractivity (Wildman–Crippen MR) is 101 cm³/mol. The van der Waals surface area contributed by atoms with Gasteiger partial charge >= 0.3 is 0 Å². The summed E-state index contributed by atoms with van der Waals surface area (Å²) in [7, 11) is 1.75. The van der Waals surface area contributed by atoms with Crippen LogP contribution in [0.1, 0.15) is 18.2 Å². The molecular formula is C18H23N3O4S. The Hall–Kier alpha value is -2.48. The number of anilines is 1. The summed E-state index contributed by atoms with van der Waals surface area (Å²) in [6.07, 6.45) is 0. The second-order valence-electron chi connectivity index (χ2n) is 5.69. The fourth-order valence-electron chi connectivity index (χ4n) is 2.17. The smallest absolute Gasteiger partial charge is 0.235 e. The molecule has 0 spiro atoms. The molecule has 1 aromatic carbocycles. The Kier molecular flexibility index (Phi) is 7.53. The predicted octanol–water partition coefficient (Wildman–Crippen LogP) is 2.71. The van der Waals surface area contributed by atoms with E-state index in [4.69, 9.17) is 9.26 Å². The summed E-state index contributed by atoms with van der Waals surface area (Å²) >= 11 is 1.26. The Morgan fingerprint density at radius 3 is 2.62 bits per heavy atom. The number of carbonyl (C=O) groups excluding carboxylic acids is 2. The molecule has 2 aromatic rings. The van der Waals surface area contributed by atoms with E-state index in [1.165, 1.54) is 11.8 Å². The SMILES string of the molecule is CCOc1ccc(CN(C)C(=O)CSCC(=O)Nc2cc(C)on2)cc1. The summed E-state index contributed by atoms with van der Waals surface area (Å²) in [5.41, 5.74) is 1.02. The zero-order chi connectivity index (χ0) is 18.9. The Morgan fingerprint density at radius 1 is 1.27 bits per heavy atom. The molecule has 2 rings (SSSR count). The van der Waals surface area contributed by atoms with Crippen molar-refractivity contribution in [1.29, 1.82) is 0 Å². The second-order valence-corrected chi connectivity index (χ2v) is 6.68. The van der Waals surface area contributed by atoms with Crippen LogP contribution in [0.2, 0.25) is 0 Å². The van der Waals surface area contributed by atoms with Crippen molar-refractivity contribution in [1.82, 2.24) is 10.1 Å². The van der Waals surface area contributed by atoms with E-state index in [0.29, 0.717) is 24.7 Å². The minimum Gasteiger partial charge on any atom is -0.494 e. The molecule has 140 valence electrons. The summed E-state index contributed by atoms with van der Waals surface area (Å²) in [5, 5.41) is 6.31. The van der Waals surface area contributed by atoms with E-state index in [0.717, 1.165) is 11.3 Å². The number of amides is 2. The van der Waals surface area contributed by atoms with Crippen LogP contribution in [0, 0.1) is 6.92 Å². The molecule has 1 N–H and O–H groups in total. The van der Waals surface area contributed by atoms with Gasteiger partial charge in [-0.25, -0.2) is 0 Å². The number of aryl methyl sites for hydroxylation is 1. The first-order valence-electron chi connectivity index (χ1n) is 8.24. The van der Waals surface area contributed by atoms with E-state index in [2.05, 4.69) is 10.5 Å². The van der Waals surface area contributed by atoms with Crippen molar-refractivity contribution in [2.75, 3.05) is 30.5 Å². The van der Waals surface area contributed by atoms with Gasteiger partial charge in [0.15, 0.2) is 5.82 Å². The number of hydrogen-bond donors (Lipinski definition) is 1. The van der Waals surface area contributed by atoms with E-state index >= 15 is 0 Å². The van der Waals surface area contributed by atoms with Crippen LogP contribution in [0.3, 0.4) is 0 Å². The zero-order valence-electron chi connectivity index (χ0n) is 15.2. The van der Waals surface area contributed by atoms with Crippen LogP contribution >= 0.6 is 11.8 Å². The Balaban J connectivity index is 1.70. The van der Waals surface area contributed by atoms with Crippen molar-refractivity contribution in [3.63, 3.8) is 0 Å². The van der Waals surface area contributed by atoms with Gasteiger partial charge in [-0.15, -0.1) is 11.8 Å². The fourth-order valence-corrected chi connectivity index (χ4v) is 2.92. The Morgan fingerprint density at radius 2 is 2.00 bits per heavy atom. The van der Waals surface area contributed by atoms with Gasteiger partial charge in [0.1, 0.15) is 11.5 Å². The second kappa shape index (κ2) is 9.86. The molecule has 0 unspecified atom stereocenters. The number of nitrogens with zero attached hydrogens (tertiary/aromatic N) is 2. The van der Waals surface area contributed by atoms with Crippen molar-refractivity contribution in [3.8, 4) is 5.75 Å². The molecule has 0 fully saturated rings. The third kappa shape index (κ3) is 6.44.